The molecule has 2 rings (SSSR count). The van der Waals surface area contributed by atoms with Gasteiger partial charge in [0.05, 0.1) is 13.2 Å². The van der Waals surface area contributed by atoms with Gasteiger partial charge in [-0.1, -0.05) is 9.61 Å². The molecule has 2 N–H and O–H groups in total. The third-order valence-corrected chi connectivity index (χ3v) is 2.59. The lowest BCUT2D eigenvalue weighted by atomic mass is 10.5. The van der Waals surface area contributed by atoms with Crippen molar-refractivity contribution in [3.05, 3.63) is 28.4 Å². The summed E-state index contributed by atoms with van der Waals surface area (Å²) in [7, 11) is 1.54. The molecule has 0 aliphatic heterocycles. The number of methoxy groups -OCH3 is 1. The third-order valence-electron chi connectivity index (χ3n) is 2.59. The van der Waals surface area contributed by atoms with E-state index in [-0.39, 0.29) is 18.3 Å². The standard InChI is InChI=1S/C11H14N6O4/c1-21-5-4-12-10(18)6-13-8-2-3-9-14-7-11(17(19)20)16(9)15-8/h2-3,7H,4-6H2,1H3,(H,12,18)(H,13,15). The van der Waals surface area contributed by atoms with Gasteiger partial charge < -0.3 is 25.5 Å². The lowest BCUT2D eigenvalue weighted by Crippen LogP contribution is -2.32. The summed E-state index contributed by atoms with van der Waals surface area (Å²) in [5, 5.41) is 20.2. The Morgan fingerprint density at radius 3 is 3.05 bits per heavy atom. The summed E-state index contributed by atoms with van der Waals surface area (Å²) in [5.41, 5.74) is 0.358. The van der Waals surface area contributed by atoms with Gasteiger partial charge in [-0.25, -0.2) is 4.98 Å². The van der Waals surface area contributed by atoms with Crippen LogP contribution in [-0.2, 0) is 9.53 Å². The number of ether oxygens (including phenoxy) is 1. The van der Waals surface area contributed by atoms with Crippen LogP contribution >= 0.6 is 0 Å². The zero-order valence-electron chi connectivity index (χ0n) is 11.3. The van der Waals surface area contributed by atoms with Crippen LogP contribution in [0.5, 0.6) is 0 Å². The van der Waals surface area contributed by atoms with Crippen molar-refractivity contribution in [2.45, 2.75) is 0 Å². The maximum Gasteiger partial charge on any atom is 0.368 e. The fourth-order valence-corrected chi connectivity index (χ4v) is 1.61. The Balaban J connectivity index is 2.00. The molecule has 0 aliphatic rings. The average molecular weight is 294 g/mol. The van der Waals surface area contributed by atoms with E-state index in [0.717, 1.165) is 10.7 Å². The van der Waals surface area contributed by atoms with E-state index >= 15 is 0 Å². The van der Waals surface area contributed by atoms with Crippen LogP contribution < -0.4 is 10.6 Å². The smallest absolute Gasteiger partial charge is 0.368 e. The largest absolute Gasteiger partial charge is 0.383 e. The molecular formula is C11H14N6O4. The van der Waals surface area contributed by atoms with Crippen molar-refractivity contribution >= 4 is 23.2 Å². The number of nitro groups is 1. The summed E-state index contributed by atoms with van der Waals surface area (Å²) in [4.78, 5) is 25.6. The highest BCUT2D eigenvalue weighted by atomic mass is 16.6. The number of amides is 1. The monoisotopic (exact) mass is 294 g/mol. The third kappa shape index (κ3) is 3.63. The van der Waals surface area contributed by atoms with E-state index in [9.17, 15) is 14.9 Å². The summed E-state index contributed by atoms with van der Waals surface area (Å²) in [6.07, 6.45) is 1.13. The molecule has 0 aliphatic carbocycles. The normalized spacial score (nSPS) is 10.5. The summed E-state index contributed by atoms with van der Waals surface area (Å²) in [6.45, 7) is 0.846. The maximum atomic E-state index is 11.5. The number of imidazole rings is 1. The van der Waals surface area contributed by atoms with Gasteiger partial charge in [0, 0.05) is 19.7 Å². The number of hydrogen-bond donors (Lipinski definition) is 2. The molecule has 0 radical (unpaired) electrons. The number of rotatable bonds is 7. The van der Waals surface area contributed by atoms with Crippen molar-refractivity contribution < 1.29 is 14.5 Å². The van der Waals surface area contributed by atoms with Crippen LogP contribution in [0.1, 0.15) is 0 Å². The van der Waals surface area contributed by atoms with Gasteiger partial charge in [-0.05, 0) is 11.0 Å². The van der Waals surface area contributed by atoms with Gasteiger partial charge >= 0.3 is 5.82 Å². The first-order valence-electron chi connectivity index (χ1n) is 6.10. The first-order chi connectivity index (χ1) is 10.1. The molecule has 0 fully saturated rings. The van der Waals surface area contributed by atoms with E-state index in [1.807, 2.05) is 0 Å². The molecule has 0 saturated carbocycles. The minimum Gasteiger partial charge on any atom is -0.383 e. The molecule has 0 aromatic carbocycles. The molecule has 21 heavy (non-hydrogen) atoms. The summed E-state index contributed by atoms with van der Waals surface area (Å²) in [5.74, 6) is -0.127. The molecule has 2 aromatic heterocycles. The number of fused-ring (bicyclic) bond motifs is 1. The Bertz CT molecular complexity index is 655. The van der Waals surface area contributed by atoms with Crippen molar-refractivity contribution in [2.75, 3.05) is 32.1 Å². The Labute approximate surface area is 119 Å². The SMILES string of the molecule is COCCNC(=O)CNc1ccc2ncc([N+](=O)[O-])n2n1. The molecule has 0 atom stereocenters. The predicted molar refractivity (Wildman–Crippen MR) is 73.0 cm³/mol. The lowest BCUT2D eigenvalue weighted by molar-refractivity contribution is -0.391. The molecule has 2 aromatic rings. The second-order valence-corrected chi connectivity index (χ2v) is 4.06. The fourth-order valence-electron chi connectivity index (χ4n) is 1.61. The van der Waals surface area contributed by atoms with Crippen LogP contribution in [0.15, 0.2) is 18.3 Å². The van der Waals surface area contributed by atoms with Crippen LogP contribution in [0.2, 0.25) is 0 Å². The van der Waals surface area contributed by atoms with E-state index < -0.39 is 4.92 Å². The minimum atomic E-state index is -0.575. The molecule has 1 amide bonds. The van der Waals surface area contributed by atoms with E-state index in [0.29, 0.717) is 24.6 Å². The van der Waals surface area contributed by atoms with Crippen molar-refractivity contribution in [1.82, 2.24) is 19.9 Å². The molecule has 0 spiro atoms. The number of hydrogen-bond acceptors (Lipinski definition) is 7. The minimum absolute atomic E-state index is 0.00468. The van der Waals surface area contributed by atoms with Gasteiger partial charge in [0.25, 0.3) is 0 Å². The van der Waals surface area contributed by atoms with Crippen LogP contribution in [-0.4, -0.2) is 52.2 Å². The summed E-state index contributed by atoms with van der Waals surface area (Å²) in [6, 6.07) is 3.17. The van der Waals surface area contributed by atoms with E-state index in [4.69, 9.17) is 4.74 Å². The number of anilines is 1. The second-order valence-electron chi connectivity index (χ2n) is 4.06. The lowest BCUT2D eigenvalue weighted by Gasteiger charge is -2.05. The highest BCUT2D eigenvalue weighted by Gasteiger charge is 2.16. The van der Waals surface area contributed by atoms with Gasteiger partial charge in [0.15, 0.2) is 5.82 Å². The van der Waals surface area contributed by atoms with Gasteiger partial charge in [-0.2, -0.15) is 0 Å². The van der Waals surface area contributed by atoms with Crippen LogP contribution in [0.3, 0.4) is 0 Å². The summed E-state index contributed by atoms with van der Waals surface area (Å²) >= 11 is 0. The Hall–Kier alpha value is -2.75. The van der Waals surface area contributed by atoms with Crippen molar-refractivity contribution in [3.63, 3.8) is 0 Å². The average Bonchev–Trinajstić information content (AvgIpc) is 2.88. The number of carbonyl (C=O) groups is 1. The molecule has 0 unspecified atom stereocenters. The molecule has 112 valence electrons. The molecule has 10 nitrogen and oxygen atoms in total. The number of carbonyl (C=O) groups excluding carboxylic acids is 1. The number of nitrogens with one attached hydrogen (secondary N) is 2. The van der Waals surface area contributed by atoms with Gasteiger partial charge in [-0.15, -0.1) is 0 Å². The zero-order chi connectivity index (χ0) is 15.2. The topological polar surface area (TPSA) is 124 Å². The Morgan fingerprint density at radius 2 is 2.33 bits per heavy atom. The van der Waals surface area contributed by atoms with E-state index in [2.05, 4.69) is 20.7 Å². The van der Waals surface area contributed by atoms with Crippen LogP contribution in [0.25, 0.3) is 5.65 Å². The first-order valence-corrected chi connectivity index (χ1v) is 6.10. The molecule has 2 heterocycles. The van der Waals surface area contributed by atoms with E-state index in [1.54, 1.807) is 19.2 Å². The van der Waals surface area contributed by atoms with Crippen molar-refractivity contribution in [2.24, 2.45) is 0 Å². The molecule has 0 bridgehead atoms. The van der Waals surface area contributed by atoms with Crippen LogP contribution in [0.4, 0.5) is 11.6 Å². The van der Waals surface area contributed by atoms with Gasteiger partial charge in [0.2, 0.25) is 11.6 Å². The highest BCUT2D eigenvalue weighted by molar-refractivity contribution is 5.80. The summed E-state index contributed by atoms with van der Waals surface area (Å²) < 4.78 is 5.91. The Morgan fingerprint density at radius 1 is 1.52 bits per heavy atom. The highest BCUT2D eigenvalue weighted by Crippen LogP contribution is 2.14. The quantitative estimate of drug-likeness (QED) is 0.412. The fraction of sp³-hybridized carbons (Fsp3) is 0.364. The number of nitrogens with zero attached hydrogens (tertiary/aromatic N) is 4. The van der Waals surface area contributed by atoms with Gasteiger partial charge in [-0.3, -0.25) is 4.79 Å². The Kier molecular flexibility index (Phi) is 4.61. The predicted octanol–water partition coefficient (Wildman–Crippen LogP) is -0.188. The molecule has 10 heteroatoms. The first kappa shape index (κ1) is 14.7. The van der Waals surface area contributed by atoms with Crippen molar-refractivity contribution in [3.8, 4) is 0 Å². The second kappa shape index (κ2) is 6.61. The zero-order valence-corrected chi connectivity index (χ0v) is 11.3. The number of aromatic nitrogens is 3. The molecule has 0 saturated heterocycles. The van der Waals surface area contributed by atoms with E-state index in [1.165, 1.54) is 0 Å². The maximum absolute atomic E-state index is 11.5. The van der Waals surface area contributed by atoms with Crippen molar-refractivity contribution in [1.29, 1.82) is 0 Å². The molecular weight excluding hydrogens is 280 g/mol. The van der Waals surface area contributed by atoms with Gasteiger partial charge in [0.1, 0.15) is 6.20 Å². The van der Waals surface area contributed by atoms with Crippen LogP contribution in [0, 0.1) is 10.1 Å².